The average molecular weight is 355 g/mol. The van der Waals surface area contributed by atoms with Crippen LogP contribution in [0.1, 0.15) is 36.6 Å². The van der Waals surface area contributed by atoms with Gasteiger partial charge in [0, 0.05) is 5.56 Å². The molecule has 0 amide bonds. The first kappa shape index (κ1) is 16.1. The normalized spacial score (nSPS) is 12.7. The van der Waals surface area contributed by atoms with Crippen molar-refractivity contribution in [2.45, 2.75) is 26.4 Å². The predicted octanol–water partition coefficient (Wildman–Crippen LogP) is 5.01. The van der Waals surface area contributed by atoms with Crippen LogP contribution in [-0.4, -0.2) is 5.11 Å². The zero-order valence-corrected chi connectivity index (χ0v) is 13.5. The van der Waals surface area contributed by atoms with Gasteiger partial charge in [0.25, 0.3) is 0 Å². The van der Waals surface area contributed by atoms with E-state index < -0.39 is 17.7 Å². The number of halogens is 3. The van der Waals surface area contributed by atoms with Crippen molar-refractivity contribution >= 4 is 15.9 Å². The molecule has 0 spiro atoms. The van der Waals surface area contributed by atoms with Crippen LogP contribution in [-0.2, 0) is 6.42 Å². The zero-order chi connectivity index (χ0) is 15.6. The molecule has 0 heterocycles. The standard InChI is InChI=1S/C17H17BrF2O/c1-10(2)8-11-4-3-5-12(9-11)17(21)13-6-7-14(19)16(20)15(13)18/h3-7,9-10,17,21H,8H2,1-2H3. The van der Waals surface area contributed by atoms with E-state index >= 15 is 0 Å². The van der Waals surface area contributed by atoms with E-state index in [4.69, 9.17) is 0 Å². The summed E-state index contributed by atoms with van der Waals surface area (Å²) in [7, 11) is 0. The second kappa shape index (κ2) is 6.67. The highest BCUT2D eigenvalue weighted by Crippen LogP contribution is 2.32. The third-order valence-electron chi connectivity index (χ3n) is 3.27. The first-order valence-electron chi connectivity index (χ1n) is 6.80. The van der Waals surface area contributed by atoms with Crippen molar-refractivity contribution in [2.75, 3.05) is 0 Å². The summed E-state index contributed by atoms with van der Waals surface area (Å²) in [6, 6.07) is 9.96. The predicted molar refractivity (Wildman–Crippen MR) is 83.1 cm³/mol. The van der Waals surface area contributed by atoms with E-state index in [1.54, 1.807) is 6.07 Å². The fourth-order valence-electron chi connectivity index (χ4n) is 2.29. The van der Waals surface area contributed by atoms with Crippen molar-refractivity contribution in [2.24, 2.45) is 5.92 Å². The van der Waals surface area contributed by atoms with Gasteiger partial charge in [-0.3, -0.25) is 0 Å². The largest absolute Gasteiger partial charge is 0.384 e. The lowest BCUT2D eigenvalue weighted by Gasteiger charge is -2.15. The number of hydrogen-bond acceptors (Lipinski definition) is 1. The molecule has 1 atom stereocenters. The first-order valence-corrected chi connectivity index (χ1v) is 7.59. The summed E-state index contributed by atoms with van der Waals surface area (Å²) in [4.78, 5) is 0. The molecule has 4 heteroatoms. The maximum Gasteiger partial charge on any atom is 0.173 e. The molecule has 2 aromatic rings. The lowest BCUT2D eigenvalue weighted by Crippen LogP contribution is -2.04. The topological polar surface area (TPSA) is 20.2 Å². The first-order chi connectivity index (χ1) is 9.90. The van der Waals surface area contributed by atoms with Gasteiger partial charge in [-0.2, -0.15) is 0 Å². The molecular formula is C17H17BrF2O. The van der Waals surface area contributed by atoms with Crippen molar-refractivity contribution in [3.63, 3.8) is 0 Å². The molecule has 0 aliphatic rings. The van der Waals surface area contributed by atoms with Crippen LogP contribution >= 0.6 is 15.9 Å². The Bertz CT molecular complexity index is 641. The summed E-state index contributed by atoms with van der Waals surface area (Å²) >= 11 is 3.01. The van der Waals surface area contributed by atoms with Crippen LogP contribution in [0.15, 0.2) is 40.9 Å². The highest BCUT2D eigenvalue weighted by Gasteiger charge is 2.19. The molecule has 0 saturated heterocycles. The van der Waals surface area contributed by atoms with E-state index in [0.29, 0.717) is 17.0 Å². The number of benzene rings is 2. The van der Waals surface area contributed by atoms with Gasteiger partial charge in [-0.1, -0.05) is 44.2 Å². The van der Waals surface area contributed by atoms with Crippen molar-refractivity contribution in [3.8, 4) is 0 Å². The fraction of sp³-hybridized carbons (Fsp3) is 0.294. The zero-order valence-electron chi connectivity index (χ0n) is 11.9. The van der Waals surface area contributed by atoms with Gasteiger partial charge in [-0.25, -0.2) is 8.78 Å². The third-order valence-corrected chi connectivity index (χ3v) is 4.08. The molecule has 112 valence electrons. The summed E-state index contributed by atoms with van der Waals surface area (Å²) in [5.41, 5.74) is 2.09. The maximum atomic E-state index is 13.6. The molecule has 0 radical (unpaired) electrons. The molecule has 2 rings (SSSR count). The second-order valence-corrected chi connectivity index (χ2v) is 6.30. The van der Waals surface area contributed by atoms with E-state index in [1.807, 2.05) is 18.2 Å². The van der Waals surface area contributed by atoms with Crippen LogP contribution in [0.5, 0.6) is 0 Å². The lowest BCUT2D eigenvalue weighted by atomic mass is 9.96. The minimum atomic E-state index is -0.999. The van der Waals surface area contributed by atoms with Gasteiger partial charge >= 0.3 is 0 Å². The Labute approximate surface area is 131 Å². The van der Waals surface area contributed by atoms with E-state index in [1.165, 1.54) is 6.07 Å². The number of aliphatic hydroxyl groups is 1. The van der Waals surface area contributed by atoms with Gasteiger partial charge in [-0.15, -0.1) is 0 Å². The Morgan fingerprint density at radius 3 is 2.52 bits per heavy atom. The smallest absolute Gasteiger partial charge is 0.173 e. The summed E-state index contributed by atoms with van der Waals surface area (Å²) < 4.78 is 26.7. The van der Waals surface area contributed by atoms with Gasteiger partial charge in [0.2, 0.25) is 0 Å². The van der Waals surface area contributed by atoms with Crippen LogP contribution in [0.2, 0.25) is 0 Å². The molecule has 2 aromatic carbocycles. The van der Waals surface area contributed by atoms with E-state index in [2.05, 4.69) is 29.8 Å². The highest BCUT2D eigenvalue weighted by molar-refractivity contribution is 9.10. The molecule has 0 aliphatic heterocycles. The minimum Gasteiger partial charge on any atom is -0.384 e. The Morgan fingerprint density at radius 2 is 1.86 bits per heavy atom. The second-order valence-electron chi connectivity index (χ2n) is 5.51. The van der Waals surface area contributed by atoms with Gasteiger partial charge in [0.15, 0.2) is 11.6 Å². The molecule has 0 aliphatic carbocycles. The molecule has 1 N–H and O–H groups in total. The summed E-state index contributed by atoms with van der Waals surface area (Å²) in [6.07, 6.45) is -0.0962. The Kier molecular flexibility index (Phi) is 5.12. The van der Waals surface area contributed by atoms with Crippen LogP contribution in [0.4, 0.5) is 8.78 Å². The summed E-state index contributed by atoms with van der Waals surface area (Å²) in [5, 5.41) is 10.4. The van der Waals surface area contributed by atoms with Crippen LogP contribution in [0.3, 0.4) is 0 Å². The molecule has 0 saturated carbocycles. The minimum absolute atomic E-state index is 0.0377. The molecule has 0 aromatic heterocycles. The van der Waals surface area contributed by atoms with Crippen molar-refractivity contribution in [1.29, 1.82) is 0 Å². The van der Waals surface area contributed by atoms with Crippen LogP contribution in [0, 0.1) is 17.6 Å². The summed E-state index contributed by atoms with van der Waals surface area (Å²) in [6.45, 7) is 4.24. The number of hydrogen-bond donors (Lipinski definition) is 1. The Morgan fingerprint density at radius 1 is 1.14 bits per heavy atom. The monoisotopic (exact) mass is 354 g/mol. The molecule has 21 heavy (non-hydrogen) atoms. The van der Waals surface area contributed by atoms with Crippen molar-refractivity contribution in [1.82, 2.24) is 0 Å². The van der Waals surface area contributed by atoms with E-state index in [9.17, 15) is 13.9 Å². The third kappa shape index (κ3) is 3.69. The fourth-order valence-corrected chi connectivity index (χ4v) is 2.83. The van der Waals surface area contributed by atoms with Gasteiger partial charge in [0.05, 0.1) is 4.47 Å². The van der Waals surface area contributed by atoms with Crippen molar-refractivity contribution < 1.29 is 13.9 Å². The average Bonchev–Trinajstić information content (AvgIpc) is 2.44. The number of aliphatic hydroxyl groups excluding tert-OH is 1. The van der Waals surface area contributed by atoms with Gasteiger partial charge < -0.3 is 5.11 Å². The highest BCUT2D eigenvalue weighted by atomic mass is 79.9. The van der Waals surface area contributed by atoms with Crippen molar-refractivity contribution in [3.05, 3.63) is 69.2 Å². The lowest BCUT2D eigenvalue weighted by molar-refractivity contribution is 0.218. The molecule has 0 bridgehead atoms. The van der Waals surface area contributed by atoms with Gasteiger partial charge in [-0.05, 0) is 45.5 Å². The molecule has 1 unspecified atom stereocenters. The Balaban J connectivity index is 2.36. The summed E-state index contributed by atoms with van der Waals surface area (Å²) in [5.74, 6) is -1.41. The molecular weight excluding hydrogens is 338 g/mol. The van der Waals surface area contributed by atoms with Crippen LogP contribution < -0.4 is 0 Å². The molecule has 0 fully saturated rings. The molecule has 1 nitrogen and oxygen atoms in total. The van der Waals surface area contributed by atoms with E-state index in [0.717, 1.165) is 18.1 Å². The van der Waals surface area contributed by atoms with Gasteiger partial charge in [0.1, 0.15) is 6.10 Å². The van der Waals surface area contributed by atoms with Crippen LogP contribution in [0.25, 0.3) is 0 Å². The quantitative estimate of drug-likeness (QED) is 0.765. The number of rotatable bonds is 4. The SMILES string of the molecule is CC(C)Cc1cccc(C(O)c2ccc(F)c(F)c2Br)c1. The Hall–Kier alpha value is -1.26. The maximum absolute atomic E-state index is 13.6. The van der Waals surface area contributed by atoms with E-state index in [-0.39, 0.29) is 4.47 Å².